The number of pyridine rings is 1. The minimum atomic E-state index is -0.131. The standard InChI is InChI=1S/C13H13N3OS/c17-13(12-7-18-8-16-12)15-5-9-3-11(6-14-4-9)10-1-2-10/h3-4,6-8,10H,1-2,5H2,(H,15,17). The first-order chi connectivity index (χ1) is 8.83. The Morgan fingerprint density at radius 3 is 3.06 bits per heavy atom. The van der Waals surface area contributed by atoms with Crippen LogP contribution in [0.4, 0.5) is 0 Å². The molecule has 1 amide bonds. The van der Waals surface area contributed by atoms with E-state index in [1.165, 1.54) is 29.7 Å². The van der Waals surface area contributed by atoms with Crippen molar-refractivity contribution in [1.82, 2.24) is 15.3 Å². The van der Waals surface area contributed by atoms with Gasteiger partial charge in [0, 0.05) is 24.3 Å². The number of hydrogen-bond acceptors (Lipinski definition) is 4. The van der Waals surface area contributed by atoms with E-state index >= 15 is 0 Å². The Morgan fingerprint density at radius 2 is 2.33 bits per heavy atom. The highest BCUT2D eigenvalue weighted by atomic mass is 32.1. The summed E-state index contributed by atoms with van der Waals surface area (Å²) in [6.45, 7) is 0.504. The Balaban J connectivity index is 1.62. The molecular weight excluding hydrogens is 246 g/mol. The van der Waals surface area contributed by atoms with Crippen molar-refractivity contribution in [3.63, 3.8) is 0 Å². The molecule has 0 aromatic carbocycles. The minimum absolute atomic E-state index is 0.131. The van der Waals surface area contributed by atoms with Gasteiger partial charge >= 0.3 is 0 Å². The summed E-state index contributed by atoms with van der Waals surface area (Å²) in [5, 5.41) is 4.60. The smallest absolute Gasteiger partial charge is 0.271 e. The number of nitrogens with zero attached hydrogens (tertiary/aromatic N) is 2. The molecule has 0 saturated heterocycles. The minimum Gasteiger partial charge on any atom is -0.347 e. The zero-order valence-electron chi connectivity index (χ0n) is 9.80. The molecule has 2 heterocycles. The van der Waals surface area contributed by atoms with Crippen LogP contribution in [0.1, 0.15) is 40.4 Å². The average molecular weight is 259 g/mol. The van der Waals surface area contributed by atoms with Gasteiger partial charge in [-0.05, 0) is 29.9 Å². The topological polar surface area (TPSA) is 54.9 Å². The highest BCUT2D eigenvalue weighted by molar-refractivity contribution is 7.07. The highest BCUT2D eigenvalue weighted by Crippen LogP contribution is 2.39. The van der Waals surface area contributed by atoms with E-state index in [1.54, 1.807) is 17.1 Å². The second-order valence-corrected chi connectivity index (χ2v) is 5.18. The Labute approximate surface area is 109 Å². The molecule has 0 unspecified atom stereocenters. The van der Waals surface area contributed by atoms with E-state index < -0.39 is 0 Å². The molecule has 0 bridgehead atoms. The van der Waals surface area contributed by atoms with E-state index in [9.17, 15) is 4.79 Å². The molecule has 18 heavy (non-hydrogen) atoms. The first-order valence-corrected chi connectivity index (χ1v) is 6.87. The SMILES string of the molecule is O=C(NCc1cncc(C2CC2)c1)c1cscn1. The summed E-state index contributed by atoms with van der Waals surface area (Å²) in [5.41, 5.74) is 4.47. The van der Waals surface area contributed by atoms with Gasteiger partial charge in [0.1, 0.15) is 5.69 Å². The second kappa shape index (κ2) is 4.86. The van der Waals surface area contributed by atoms with Gasteiger partial charge < -0.3 is 5.32 Å². The number of aromatic nitrogens is 2. The summed E-state index contributed by atoms with van der Waals surface area (Å²) in [5.74, 6) is 0.555. The van der Waals surface area contributed by atoms with Crippen LogP contribution in [0.25, 0.3) is 0 Å². The zero-order valence-corrected chi connectivity index (χ0v) is 10.6. The van der Waals surface area contributed by atoms with Crippen molar-refractivity contribution >= 4 is 17.2 Å². The van der Waals surface area contributed by atoms with Crippen molar-refractivity contribution in [3.8, 4) is 0 Å². The van der Waals surface area contributed by atoms with Crippen LogP contribution >= 0.6 is 11.3 Å². The lowest BCUT2D eigenvalue weighted by molar-refractivity contribution is 0.0946. The number of amides is 1. The Hall–Kier alpha value is -1.75. The van der Waals surface area contributed by atoms with Gasteiger partial charge in [-0.2, -0.15) is 0 Å². The molecule has 1 fully saturated rings. The first kappa shape index (κ1) is 11.3. The van der Waals surface area contributed by atoms with Gasteiger partial charge in [-0.1, -0.05) is 6.07 Å². The Morgan fingerprint density at radius 1 is 1.44 bits per heavy atom. The maximum Gasteiger partial charge on any atom is 0.271 e. The molecule has 0 atom stereocenters. The van der Waals surface area contributed by atoms with E-state index in [0.717, 1.165) is 5.56 Å². The molecule has 5 heteroatoms. The molecule has 1 saturated carbocycles. The molecule has 0 radical (unpaired) electrons. The van der Waals surface area contributed by atoms with Crippen LogP contribution in [-0.2, 0) is 6.54 Å². The molecule has 0 aliphatic heterocycles. The molecule has 2 aromatic heterocycles. The van der Waals surface area contributed by atoms with Gasteiger partial charge in [-0.3, -0.25) is 9.78 Å². The summed E-state index contributed by atoms with van der Waals surface area (Å²) >= 11 is 1.42. The van der Waals surface area contributed by atoms with E-state index in [4.69, 9.17) is 0 Å². The lowest BCUT2D eigenvalue weighted by Gasteiger charge is -2.05. The van der Waals surface area contributed by atoms with Crippen LogP contribution in [0, 0.1) is 0 Å². The normalized spacial score (nSPS) is 14.4. The molecule has 2 aromatic rings. The lowest BCUT2D eigenvalue weighted by Crippen LogP contribution is -2.23. The number of thiazole rings is 1. The van der Waals surface area contributed by atoms with Crippen LogP contribution in [0.5, 0.6) is 0 Å². The van der Waals surface area contributed by atoms with E-state index in [2.05, 4.69) is 21.4 Å². The average Bonchev–Trinajstić information content (AvgIpc) is 3.11. The van der Waals surface area contributed by atoms with Gasteiger partial charge in [-0.25, -0.2) is 4.98 Å². The summed E-state index contributed by atoms with van der Waals surface area (Å²) < 4.78 is 0. The molecule has 92 valence electrons. The molecular formula is C13H13N3OS. The fraction of sp³-hybridized carbons (Fsp3) is 0.308. The Kier molecular flexibility index (Phi) is 3.06. The molecule has 1 N–H and O–H groups in total. The summed E-state index contributed by atoms with van der Waals surface area (Å²) in [7, 11) is 0. The van der Waals surface area contributed by atoms with Crippen molar-refractivity contribution in [2.75, 3.05) is 0 Å². The summed E-state index contributed by atoms with van der Waals surface area (Å²) in [6.07, 6.45) is 6.24. The number of carbonyl (C=O) groups excluding carboxylic acids is 1. The van der Waals surface area contributed by atoms with Crippen molar-refractivity contribution in [3.05, 3.63) is 46.2 Å². The number of hydrogen-bond donors (Lipinski definition) is 1. The first-order valence-electron chi connectivity index (χ1n) is 5.93. The number of nitrogens with one attached hydrogen (secondary N) is 1. The predicted octanol–water partition coefficient (Wildman–Crippen LogP) is 2.35. The van der Waals surface area contributed by atoms with Crippen molar-refractivity contribution in [2.24, 2.45) is 0 Å². The van der Waals surface area contributed by atoms with Crippen LogP contribution < -0.4 is 5.32 Å². The lowest BCUT2D eigenvalue weighted by atomic mass is 10.1. The molecule has 1 aliphatic rings. The van der Waals surface area contributed by atoms with Gasteiger partial charge in [0.2, 0.25) is 0 Å². The van der Waals surface area contributed by atoms with E-state index in [-0.39, 0.29) is 5.91 Å². The quantitative estimate of drug-likeness (QED) is 0.917. The summed E-state index contributed by atoms with van der Waals surface area (Å²) in [4.78, 5) is 19.9. The van der Waals surface area contributed by atoms with E-state index in [1.807, 2.05) is 6.20 Å². The fourth-order valence-corrected chi connectivity index (χ4v) is 2.37. The zero-order chi connectivity index (χ0) is 12.4. The third-order valence-corrected chi connectivity index (χ3v) is 3.57. The second-order valence-electron chi connectivity index (χ2n) is 4.46. The summed E-state index contributed by atoms with van der Waals surface area (Å²) in [6, 6.07) is 2.13. The molecule has 3 rings (SSSR count). The fourth-order valence-electron chi connectivity index (χ4n) is 1.84. The van der Waals surface area contributed by atoms with Gasteiger partial charge in [0.15, 0.2) is 0 Å². The third-order valence-electron chi connectivity index (χ3n) is 2.98. The van der Waals surface area contributed by atoms with Crippen LogP contribution in [-0.4, -0.2) is 15.9 Å². The van der Waals surface area contributed by atoms with Crippen molar-refractivity contribution < 1.29 is 4.79 Å². The molecule has 0 spiro atoms. The number of rotatable bonds is 4. The monoisotopic (exact) mass is 259 g/mol. The van der Waals surface area contributed by atoms with Gasteiger partial charge in [-0.15, -0.1) is 11.3 Å². The molecule has 1 aliphatic carbocycles. The van der Waals surface area contributed by atoms with Crippen LogP contribution in [0.3, 0.4) is 0 Å². The van der Waals surface area contributed by atoms with Crippen molar-refractivity contribution in [1.29, 1.82) is 0 Å². The maximum absolute atomic E-state index is 11.7. The van der Waals surface area contributed by atoms with Gasteiger partial charge in [0.05, 0.1) is 5.51 Å². The predicted molar refractivity (Wildman–Crippen MR) is 69.5 cm³/mol. The third kappa shape index (κ3) is 2.56. The van der Waals surface area contributed by atoms with Crippen molar-refractivity contribution in [2.45, 2.75) is 25.3 Å². The van der Waals surface area contributed by atoms with Crippen LogP contribution in [0.2, 0.25) is 0 Å². The molecule has 4 nitrogen and oxygen atoms in total. The highest BCUT2D eigenvalue weighted by Gasteiger charge is 2.23. The Bertz CT molecular complexity index is 549. The van der Waals surface area contributed by atoms with Gasteiger partial charge in [0.25, 0.3) is 5.91 Å². The van der Waals surface area contributed by atoms with Crippen LogP contribution in [0.15, 0.2) is 29.4 Å². The number of carbonyl (C=O) groups is 1. The largest absolute Gasteiger partial charge is 0.347 e. The van der Waals surface area contributed by atoms with E-state index in [0.29, 0.717) is 18.2 Å². The maximum atomic E-state index is 11.7.